The minimum atomic E-state index is 0.791. The molecule has 46 heavy (non-hydrogen) atoms. The highest BCUT2D eigenvalue weighted by Gasteiger charge is 2.21. The number of aliphatic imine (C=N–C) groups is 4. The Hall–Kier alpha value is -4.74. The third kappa shape index (κ3) is 7.72. The van der Waals surface area contributed by atoms with E-state index in [4.69, 9.17) is 20.0 Å². The molecule has 0 unspecified atom stereocenters. The summed E-state index contributed by atoms with van der Waals surface area (Å²) in [4.78, 5) is 37.1. The first kappa shape index (κ1) is 35.7. The lowest BCUT2D eigenvalue weighted by molar-refractivity contribution is 0.484. The van der Waals surface area contributed by atoms with Crippen molar-refractivity contribution in [2.45, 2.75) is 0 Å². The van der Waals surface area contributed by atoms with Crippen molar-refractivity contribution in [2.24, 2.45) is 20.0 Å². The Kier molecular flexibility index (Phi) is 11.3. The minimum Gasteiger partial charge on any atom is -0.349 e. The molecule has 0 spiro atoms. The van der Waals surface area contributed by atoms with Gasteiger partial charge < -0.3 is 39.2 Å². The molecule has 12 heteroatoms. The zero-order valence-corrected chi connectivity index (χ0v) is 30.8. The topological polar surface area (TPSA) is 75.4 Å². The van der Waals surface area contributed by atoms with Gasteiger partial charge in [-0.25, -0.2) is 20.0 Å². The van der Waals surface area contributed by atoms with Gasteiger partial charge in [-0.2, -0.15) is 0 Å². The van der Waals surface area contributed by atoms with Crippen LogP contribution in [0.1, 0.15) is 0 Å². The second-order valence-corrected chi connectivity index (χ2v) is 12.9. The molecule has 0 atom stereocenters. The number of fused-ring (bicyclic) bond motifs is 3. The summed E-state index contributed by atoms with van der Waals surface area (Å²) < 4.78 is 0. The Morgan fingerprint density at radius 2 is 0.652 bits per heavy atom. The van der Waals surface area contributed by atoms with E-state index < -0.39 is 0 Å². The average molecular weight is 631 g/mol. The van der Waals surface area contributed by atoms with Crippen LogP contribution in [0.4, 0.5) is 22.7 Å². The highest BCUT2D eigenvalue weighted by atomic mass is 15.4. The Labute approximate surface area is 276 Å². The van der Waals surface area contributed by atoms with Gasteiger partial charge in [-0.1, -0.05) is 12.1 Å². The van der Waals surface area contributed by atoms with Crippen molar-refractivity contribution in [1.29, 1.82) is 0 Å². The molecule has 0 amide bonds. The number of nitrogens with zero attached hydrogens (tertiary/aromatic N) is 12. The molecule has 3 rings (SSSR count). The third-order valence-corrected chi connectivity index (χ3v) is 7.12. The van der Waals surface area contributed by atoms with E-state index in [1.807, 2.05) is 158 Å². The van der Waals surface area contributed by atoms with Crippen LogP contribution in [0.25, 0.3) is 21.5 Å². The summed E-state index contributed by atoms with van der Waals surface area (Å²) in [5, 5.41) is 3.82. The number of guanidine groups is 4. The van der Waals surface area contributed by atoms with Crippen molar-refractivity contribution >= 4 is 68.1 Å². The van der Waals surface area contributed by atoms with E-state index in [2.05, 4.69) is 30.3 Å². The second kappa shape index (κ2) is 14.6. The summed E-state index contributed by atoms with van der Waals surface area (Å²) in [7, 11) is 32.1. The maximum absolute atomic E-state index is 5.28. The highest BCUT2D eigenvalue weighted by Crippen LogP contribution is 2.47. The first-order chi connectivity index (χ1) is 21.5. The fraction of sp³-hybridized carbons (Fsp3) is 0.471. The lowest BCUT2D eigenvalue weighted by Gasteiger charge is -2.25. The van der Waals surface area contributed by atoms with E-state index in [0.717, 1.165) is 68.1 Å². The zero-order chi connectivity index (χ0) is 34.6. The summed E-state index contributed by atoms with van der Waals surface area (Å²) in [6, 6.07) is 12.5. The van der Waals surface area contributed by atoms with Gasteiger partial charge in [-0.3, -0.25) is 0 Å². The summed E-state index contributed by atoms with van der Waals surface area (Å²) in [6.07, 6.45) is 0. The van der Waals surface area contributed by atoms with E-state index in [9.17, 15) is 0 Å². The van der Waals surface area contributed by atoms with Crippen LogP contribution < -0.4 is 0 Å². The van der Waals surface area contributed by atoms with Gasteiger partial charge in [0.05, 0.1) is 22.7 Å². The molecule has 0 heterocycles. The van der Waals surface area contributed by atoms with Crippen LogP contribution in [0.15, 0.2) is 56.4 Å². The molecule has 0 aliphatic rings. The number of rotatable bonds is 4. The third-order valence-electron chi connectivity index (χ3n) is 7.12. The molecule has 0 N–H and O–H groups in total. The van der Waals surface area contributed by atoms with Crippen LogP contribution in [0.2, 0.25) is 0 Å². The molecule has 0 aromatic heterocycles. The molecule has 0 radical (unpaired) electrons. The van der Waals surface area contributed by atoms with E-state index in [1.165, 1.54) is 0 Å². The average Bonchev–Trinajstić information content (AvgIpc) is 2.94. The van der Waals surface area contributed by atoms with Crippen molar-refractivity contribution < 1.29 is 0 Å². The second-order valence-electron chi connectivity index (χ2n) is 12.9. The Balaban J connectivity index is 2.81. The first-order valence-corrected chi connectivity index (χ1v) is 15.2. The summed E-state index contributed by atoms with van der Waals surface area (Å²) in [5.41, 5.74) is 3.23. The van der Waals surface area contributed by atoms with Crippen LogP contribution in [-0.2, 0) is 0 Å². The highest BCUT2D eigenvalue weighted by molar-refractivity contribution is 6.24. The molecule has 0 fully saturated rings. The van der Waals surface area contributed by atoms with Crippen LogP contribution in [0.3, 0.4) is 0 Å². The van der Waals surface area contributed by atoms with Gasteiger partial charge in [0.15, 0.2) is 0 Å². The Bertz CT molecular complexity index is 1620. The monoisotopic (exact) mass is 630 g/mol. The summed E-state index contributed by atoms with van der Waals surface area (Å²) in [5.74, 6) is 3.26. The number of hydrogen-bond donors (Lipinski definition) is 0. The maximum atomic E-state index is 5.28. The van der Waals surface area contributed by atoms with Crippen molar-refractivity contribution in [3.05, 3.63) is 36.4 Å². The molecular weight excluding hydrogens is 576 g/mol. The van der Waals surface area contributed by atoms with Gasteiger partial charge in [-0.05, 0) is 29.7 Å². The minimum absolute atomic E-state index is 0.791. The van der Waals surface area contributed by atoms with Crippen LogP contribution in [-0.4, -0.2) is 176 Å². The standard InChI is InChI=1S/C34H54N12/c1-39(2)31(40(3)4)35-24-19-17-18-23-22-27(38-34(45(13)14)46(15)16)29-25(36-32(41(5)6)42(7)8)20-21-26(30(29)28(23)24)37-33(43(9)10)44(11)12/h17-22H,1-16H3. The van der Waals surface area contributed by atoms with Crippen molar-refractivity contribution in [3.8, 4) is 0 Å². The predicted molar refractivity (Wildman–Crippen MR) is 199 cm³/mol. The molecule has 3 aromatic carbocycles. The van der Waals surface area contributed by atoms with E-state index >= 15 is 0 Å². The van der Waals surface area contributed by atoms with Gasteiger partial charge in [0.25, 0.3) is 0 Å². The smallest absolute Gasteiger partial charge is 0.200 e. The lowest BCUT2D eigenvalue weighted by Crippen LogP contribution is -2.35. The van der Waals surface area contributed by atoms with Gasteiger partial charge >= 0.3 is 0 Å². The zero-order valence-electron chi connectivity index (χ0n) is 30.8. The van der Waals surface area contributed by atoms with Gasteiger partial charge in [-0.15, -0.1) is 0 Å². The van der Waals surface area contributed by atoms with Gasteiger partial charge in [0.2, 0.25) is 23.8 Å². The van der Waals surface area contributed by atoms with Crippen molar-refractivity contribution in [1.82, 2.24) is 39.2 Å². The quantitative estimate of drug-likeness (QED) is 0.238. The SMILES string of the molecule is CN(C)C(=Nc1ccc(N=C(N(C)C)N(C)C)c2c1c(N=C(N(C)C)N(C)C)cc1cccc(N=C(N(C)C)N(C)C)c12)N(C)C. The molecule has 0 aliphatic carbocycles. The van der Waals surface area contributed by atoms with E-state index in [0.29, 0.717) is 0 Å². The van der Waals surface area contributed by atoms with Crippen molar-refractivity contribution in [3.63, 3.8) is 0 Å². The molecular formula is C34H54N12. The van der Waals surface area contributed by atoms with Crippen LogP contribution >= 0.6 is 0 Å². The summed E-state index contributed by atoms with van der Waals surface area (Å²) >= 11 is 0. The van der Waals surface area contributed by atoms with Crippen LogP contribution in [0, 0.1) is 0 Å². The van der Waals surface area contributed by atoms with E-state index in [1.54, 1.807) is 0 Å². The molecule has 250 valence electrons. The molecule has 0 saturated heterocycles. The molecule has 0 aliphatic heterocycles. The molecule has 0 bridgehead atoms. The van der Waals surface area contributed by atoms with Crippen LogP contribution in [0.5, 0.6) is 0 Å². The first-order valence-electron chi connectivity index (χ1n) is 15.2. The van der Waals surface area contributed by atoms with Gasteiger partial charge in [0.1, 0.15) is 0 Å². The molecule has 12 nitrogen and oxygen atoms in total. The van der Waals surface area contributed by atoms with Gasteiger partial charge in [0, 0.05) is 129 Å². The maximum Gasteiger partial charge on any atom is 0.200 e. The normalized spacial score (nSPS) is 10.6. The number of benzene rings is 3. The lowest BCUT2D eigenvalue weighted by atomic mass is 9.96. The fourth-order valence-electron chi connectivity index (χ4n) is 5.46. The largest absolute Gasteiger partial charge is 0.349 e. The molecule has 3 aromatic rings. The van der Waals surface area contributed by atoms with Crippen molar-refractivity contribution in [2.75, 3.05) is 113 Å². The fourth-order valence-corrected chi connectivity index (χ4v) is 5.46. The Morgan fingerprint density at radius 3 is 1.00 bits per heavy atom. The Morgan fingerprint density at radius 1 is 0.348 bits per heavy atom. The molecule has 0 saturated carbocycles. The summed E-state index contributed by atoms with van der Waals surface area (Å²) in [6.45, 7) is 0. The van der Waals surface area contributed by atoms with E-state index in [-0.39, 0.29) is 0 Å². The predicted octanol–water partition coefficient (Wildman–Crippen LogP) is 4.44. The number of hydrogen-bond acceptors (Lipinski definition) is 4.